The van der Waals surface area contributed by atoms with Crippen molar-refractivity contribution in [1.82, 2.24) is 24.3 Å². The lowest BCUT2D eigenvalue weighted by atomic mass is 9.98. The molecule has 41 heavy (non-hydrogen) atoms. The zero-order chi connectivity index (χ0) is 27.9. The normalized spacial score (nSPS) is 19.0. The second-order valence-corrected chi connectivity index (χ2v) is 12.2. The summed E-state index contributed by atoms with van der Waals surface area (Å²) in [5.41, 5.74) is 6.69. The second-order valence-electron chi connectivity index (χ2n) is 12.2. The molecule has 3 aliphatic rings. The minimum absolute atomic E-state index is 0.0210. The SMILES string of the molecule is Cc1nn(C2CCOCC2)c(C)c1-c1cc2cnc(Nc3ccc(C4CCCC4)cc3)nc2n(C2CCCC2)c1=O. The van der Waals surface area contributed by atoms with Gasteiger partial charge in [0.2, 0.25) is 5.95 Å². The molecule has 1 aromatic carbocycles. The van der Waals surface area contributed by atoms with E-state index < -0.39 is 0 Å². The lowest BCUT2D eigenvalue weighted by Crippen LogP contribution is -2.26. The van der Waals surface area contributed by atoms with Crippen LogP contribution in [0.3, 0.4) is 0 Å². The zero-order valence-electron chi connectivity index (χ0n) is 24.2. The van der Waals surface area contributed by atoms with Crippen LogP contribution < -0.4 is 10.9 Å². The first-order chi connectivity index (χ1) is 20.1. The van der Waals surface area contributed by atoms with E-state index in [1.165, 1.54) is 31.2 Å². The number of anilines is 2. The molecule has 1 saturated heterocycles. The summed E-state index contributed by atoms with van der Waals surface area (Å²) in [5.74, 6) is 1.21. The highest BCUT2D eigenvalue weighted by molar-refractivity contribution is 5.83. The average molecular weight is 553 g/mol. The van der Waals surface area contributed by atoms with Gasteiger partial charge in [0, 0.05) is 47.8 Å². The van der Waals surface area contributed by atoms with Gasteiger partial charge in [-0.15, -0.1) is 0 Å². The summed E-state index contributed by atoms with van der Waals surface area (Å²) in [5, 5.41) is 9.20. The molecule has 8 nitrogen and oxygen atoms in total. The number of pyridine rings is 1. The molecule has 4 heterocycles. The van der Waals surface area contributed by atoms with Crippen LogP contribution in [0.25, 0.3) is 22.2 Å². The Bertz CT molecular complexity index is 1600. The van der Waals surface area contributed by atoms with E-state index in [0.717, 1.165) is 79.8 Å². The predicted octanol–water partition coefficient (Wildman–Crippen LogP) is 7.14. The number of benzene rings is 1. The van der Waals surface area contributed by atoms with Crippen molar-refractivity contribution >= 4 is 22.7 Å². The van der Waals surface area contributed by atoms with Crippen molar-refractivity contribution < 1.29 is 4.74 Å². The van der Waals surface area contributed by atoms with E-state index in [0.29, 0.717) is 29.1 Å². The number of nitrogens with zero attached hydrogens (tertiary/aromatic N) is 5. The molecule has 0 radical (unpaired) electrons. The first-order valence-electron chi connectivity index (χ1n) is 15.5. The number of ether oxygens (including phenoxy) is 1. The van der Waals surface area contributed by atoms with E-state index in [9.17, 15) is 4.79 Å². The second kappa shape index (κ2) is 11.0. The van der Waals surface area contributed by atoms with Crippen molar-refractivity contribution in [3.63, 3.8) is 0 Å². The third-order valence-corrected chi connectivity index (χ3v) is 9.59. The third-order valence-electron chi connectivity index (χ3n) is 9.59. The van der Waals surface area contributed by atoms with Gasteiger partial charge in [-0.25, -0.2) is 4.98 Å². The van der Waals surface area contributed by atoms with Crippen LogP contribution in [-0.2, 0) is 4.74 Å². The van der Waals surface area contributed by atoms with Crippen LogP contribution >= 0.6 is 0 Å². The molecule has 3 aromatic heterocycles. The first-order valence-corrected chi connectivity index (χ1v) is 15.5. The molecule has 0 amide bonds. The minimum atomic E-state index is 0.0210. The maximum Gasteiger partial charge on any atom is 0.260 e. The molecule has 0 atom stereocenters. The fourth-order valence-corrected chi connectivity index (χ4v) is 7.43. The Morgan fingerprint density at radius 1 is 0.902 bits per heavy atom. The molecule has 3 fully saturated rings. The Morgan fingerprint density at radius 2 is 1.61 bits per heavy atom. The van der Waals surface area contributed by atoms with Crippen molar-refractivity contribution in [2.75, 3.05) is 18.5 Å². The van der Waals surface area contributed by atoms with E-state index in [2.05, 4.69) is 46.2 Å². The van der Waals surface area contributed by atoms with E-state index >= 15 is 0 Å². The highest BCUT2D eigenvalue weighted by atomic mass is 16.5. The highest BCUT2D eigenvalue weighted by Crippen LogP contribution is 2.36. The molecule has 8 heteroatoms. The maximum atomic E-state index is 14.3. The van der Waals surface area contributed by atoms with Gasteiger partial charge >= 0.3 is 0 Å². The quantitative estimate of drug-likeness (QED) is 0.274. The number of rotatable bonds is 6. The molecule has 1 aliphatic heterocycles. The Hall–Kier alpha value is -3.52. The fraction of sp³-hybridized carbons (Fsp3) is 0.515. The number of hydrogen-bond acceptors (Lipinski definition) is 6. The summed E-state index contributed by atoms with van der Waals surface area (Å²) in [6.07, 6.45) is 13.2. The summed E-state index contributed by atoms with van der Waals surface area (Å²) < 4.78 is 9.66. The van der Waals surface area contributed by atoms with Gasteiger partial charge < -0.3 is 10.1 Å². The van der Waals surface area contributed by atoms with Crippen molar-refractivity contribution in [1.29, 1.82) is 0 Å². The van der Waals surface area contributed by atoms with Gasteiger partial charge in [-0.2, -0.15) is 10.1 Å². The Balaban J connectivity index is 1.27. The summed E-state index contributed by atoms with van der Waals surface area (Å²) in [6.45, 7) is 5.61. The maximum absolute atomic E-state index is 14.3. The molecule has 1 N–H and O–H groups in total. The lowest BCUT2D eigenvalue weighted by molar-refractivity contribution is 0.0656. The first kappa shape index (κ1) is 26.4. The van der Waals surface area contributed by atoms with E-state index in [1.807, 2.05) is 23.8 Å². The van der Waals surface area contributed by atoms with Crippen LogP contribution in [0.4, 0.5) is 11.6 Å². The number of aromatic nitrogens is 5. The molecule has 214 valence electrons. The largest absolute Gasteiger partial charge is 0.381 e. The fourth-order valence-electron chi connectivity index (χ4n) is 7.43. The van der Waals surface area contributed by atoms with Crippen LogP contribution in [0.2, 0.25) is 0 Å². The van der Waals surface area contributed by atoms with Crippen LogP contribution in [0, 0.1) is 13.8 Å². The van der Waals surface area contributed by atoms with Gasteiger partial charge in [-0.05, 0) is 82.1 Å². The van der Waals surface area contributed by atoms with E-state index in [-0.39, 0.29) is 11.6 Å². The number of hydrogen-bond donors (Lipinski definition) is 1. The van der Waals surface area contributed by atoms with Gasteiger partial charge in [0.25, 0.3) is 5.56 Å². The molecule has 0 unspecified atom stereocenters. The van der Waals surface area contributed by atoms with Crippen molar-refractivity contribution in [2.45, 2.75) is 96.1 Å². The molecule has 0 bridgehead atoms. The van der Waals surface area contributed by atoms with Crippen molar-refractivity contribution in [2.24, 2.45) is 0 Å². The van der Waals surface area contributed by atoms with Crippen LogP contribution in [0.1, 0.15) is 99.2 Å². The van der Waals surface area contributed by atoms with Gasteiger partial charge in [-0.1, -0.05) is 37.8 Å². The lowest BCUT2D eigenvalue weighted by Gasteiger charge is -2.23. The standard InChI is InChI=1S/C33H40N6O2/c1-21-30(22(2)39(37-21)28-15-17-41-18-16-28)29-19-25-20-34-33(36-31(25)38(32(29)40)27-9-5-6-10-27)35-26-13-11-24(12-14-26)23-7-3-4-8-23/h11-14,19-20,23,27-28H,3-10,15-18H2,1-2H3,(H,34,35,36). The topological polar surface area (TPSA) is 86.9 Å². The number of fused-ring (bicyclic) bond motifs is 1. The Labute approximate surface area is 241 Å². The number of nitrogens with one attached hydrogen (secondary N) is 1. The van der Waals surface area contributed by atoms with Gasteiger partial charge in [0.05, 0.1) is 17.3 Å². The summed E-state index contributed by atoms with van der Waals surface area (Å²) in [4.78, 5) is 23.9. The molecule has 2 saturated carbocycles. The number of aryl methyl sites for hydroxylation is 1. The zero-order valence-corrected chi connectivity index (χ0v) is 24.2. The average Bonchev–Trinajstić information content (AvgIpc) is 3.77. The Morgan fingerprint density at radius 3 is 2.34 bits per heavy atom. The molecular weight excluding hydrogens is 512 g/mol. The minimum Gasteiger partial charge on any atom is -0.381 e. The van der Waals surface area contributed by atoms with Gasteiger partial charge in [0.1, 0.15) is 5.65 Å². The monoisotopic (exact) mass is 552 g/mol. The third kappa shape index (κ3) is 4.96. The van der Waals surface area contributed by atoms with Crippen molar-refractivity contribution in [3.8, 4) is 11.1 Å². The van der Waals surface area contributed by atoms with Crippen LogP contribution in [0.15, 0.2) is 41.3 Å². The summed E-state index contributed by atoms with van der Waals surface area (Å²) in [7, 11) is 0. The summed E-state index contributed by atoms with van der Waals surface area (Å²) >= 11 is 0. The predicted molar refractivity (Wildman–Crippen MR) is 162 cm³/mol. The van der Waals surface area contributed by atoms with Gasteiger partial charge in [-0.3, -0.25) is 14.0 Å². The smallest absolute Gasteiger partial charge is 0.260 e. The summed E-state index contributed by atoms with van der Waals surface area (Å²) in [6, 6.07) is 11.1. The van der Waals surface area contributed by atoms with E-state index in [1.54, 1.807) is 0 Å². The van der Waals surface area contributed by atoms with Crippen LogP contribution in [0.5, 0.6) is 0 Å². The molecule has 2 aliphatic carbocycles. The molecular formula is C33H40N6O2. The molecule has 0 spiro atoms. The highest BCUT2D eigenvalue weighted by Gasteiger charge is 2.27. The van der Waals surface area contributed by atoms with Gasteiger partial charge in [0.15, 0.2) is 0 Å². The Kier molecular flexibility index (Phi) is 7.11. The van der Waals surface area contributed by atoms with Crippen molar-refractivity contribution in [3.05, 3.63) is 63.8 Å². The van der Waals surface area contributed by atoms with Crippen LogP contribution in [-0.4, -0.2) is 37.5 Å². The van der Waals surface area contributed by atoms with E-state index in [4.69, 9.17) is 14.8 Å². The molecule has 7 rings (SSSR count). The molecule has 4 aromatic rings.